The van der Waals surface area contributed by atoms with Crippen molar-refractivity contribution >= 4 is 24.2 Å². The monoisotopic (exact) mass is 116 g/mol. The summed E-state index contributed by atoms with van der Waals surface area (Å²) in [5.41, 5.74) is 0. The summed E-state index contributed by atoms with van der Waals surface area (Å²) in [6.07, 6.45) is 0.969. The molecule has 0 fully saturated rings. The fourth-order valence-corrected chi connectivity index (χ4v) is 0.491. The van der Waals surface area contributed by atoms with Crippen molar-refractivity contribution in [2.24, 2.45) is 0 Å². The molecule has 0 atom stereocenters. The van der Waals surface area contributed by atoms with E-state index < -0.39 is 0 Å². The van der Waals surface area contributed by atoms with Crippen LogP contribution >= 0.6 is 11.6 Å². The zero-order valence-electron chi connectivity index (χ0n) is 3.91. The first-order valence-electron chi connectivity index (χ1n) is 1.56. The third-order valence-corrected chi connectivity index (χ3v) is 0.834. The average molecular weight is 117 g/mol. The first-order valence-corrected chi connectivity index (χ1v) is 2.67. The topological polar surface area (TPSA) is 0 Å². The molecular formula is C3H6ClLiS. The molecule has 0 aliphatic rings. The van der Waals surface area contributed by atoms with Gasteiger partial charge in [-0.05, 0) is 0 Å². The van der Waals surface area contributed by atoms with Crippen LogP contribution in [0.4, 0.5) is 0 Å². The molecule has 0 aliphatic heterocycles. The third-order valence-electron chi connectivity index (χ3n) is 0.278. The van der Waals surface area contributed by atoms with E-state index in [2.05, 4.69) is 12.6 Å². The maximum absolute atomic E-state index is 5.23. The predicted octanol–water partition coefficient (Wildman–Crippen LogP) is -1.83. The Kier molecular flexibility index (Phi) is 16.3. The SMILES string of the molecule is [Li+].[S-]CCCCl. The second-order valence-electron chi connectivity index (χ2n) is 0.747. The number of hydrogen-bond donors (Lipinski definition) is 0. The van der Waals surface area contributed by atoms with Gasteiger partial charge in [0.1, 0.15) is 0 Å². The maximum atomic E-state index is 5.23. The van der Waals surface area contributed by atoms with E-state index in [1.54, 1.807) is 0 Å². The molecule has 0 rings (SSSR count). The molecule has 0 heterocycles. The average Bonchev–Trinajstić information content (AvgIpc) is 1.41. The van der Waals surface area contributed by atoms with Crippen LogP contribution in [0.25, 0.3) is 0 Å². The van der Waals surface area contributed by atoms with Crippen molar-refractivity contribution in [1.82, 2.24) is 0 Å². The Labute approximate surface area is 61.2 Å². The summed E-state index contributed by atoms with van der Waals surface area (Å²) in [6, 6.07) is 0. The predicted molar refractivity (Wildman–Crippen MR) is 27.6 cm³/mol. The van der Waals surface area contributed by atoms with Gasteiger partial charge in [-0.2, -0.15) is 5.75 Å². The third kappa shape index (κ3) is 8.97. The van der Waals surface area contributed by atoms with E-state index in [1.807, 2.05) is 0 Å². The van der Waals surface area contributed by atoms with E-state index in [1.165, 1.54) is 0 Å². The van der Waals surface area contributed by atoms with Gasteiger partial charge in [0, 0.05) is 5.88 Å². The summed E-state index contributed by atoms with van der Waals surface area (Å²) in [7, 11) is 0. The van der Waals surface area contributed by atoms with Crippen LogP contribution in [0, 0.1) is 0 Å². The molecular weight excluding hydrogens is 110 g/mol. The zero-order chi connectivity index (χ0) is 4.12. The van der Waals surface area contributed by atoms with Crippen molar-refractivity contribution in [2.75, 3.05) is 11.6 Å². The summed E-state index contributed by atoms with van der Waals surface area (Å²) < 4.78 is 0. The second-order valence-corrected chi connectivity index (χ2v) is 1.53. The maximum Gasteiger partial charge on any atom is 1.00 e. The van der Waals surface area contributed by atoms with Gasteiger partial charge >= 0.3 is 18.9 Å². The molecule has 0 aromatic rings. The molecule has 0 saturated heterocycles. The molecule has 0 saturated carbocycles. The summed E-state index contributed by atoms with van der Waals surface area (Å²) in [6.45, 7) is 0. The second kappa shape index (κ2) is 9.53. The van der Waals surface area contributed by atoms with Crippen LogP contribution in [0.15, 0.2) is 0 Å². The molecule has 0 amide bonds. The first-order chi connectivity index (χ1) is 2.41. The van der Waals surface area contributed by atoms with Crippen LogP contribution in [-0.2, 0) is 12.6 Å². The molecule has 0 aromatic heterocycles. The first kappa shape index (κ1) is 10.3. The minimum atomic E-state index is 0. The van der Waals surface area contributed by atoms with Crippen LogP contribution in [0.2, 0.25) is 0 Å². The van der Waals surface area contributed by atoms with E-state index in [0.717, 1.165) is 12.2 Å². The minimum absolute atomic E-state index is 0. The number of hydrogen-bond acceptors (Lipinski definition) is 1. The van der Waals surface area contributed by atoms with Crippen molar-refractivity contribution in [3.05, 3.63) is 0 Å². The molecule has 32 valence electrons. The molecule has 0 radical (unpaired) electrons. The number of rotatable bonds is 2. The van der Waals surface area contributed by atoms with Crippen molar-refractivity contribution < 1.29 is 18.9 Å². The smallest absolute Gasteiger partial charge is 0.793 e. The standard InChI is InChI=1S/C3H7ClS.Li/c4-2-1-3-5;/h5H,1-3H2;/q;+1/p-1. The molecule has 0 aromatic carbocycles. The van der Waals surface area contributed by atoms with Crippen molar-refractivity contribution in [1.29, 1.82) is 0 Å². The van der Waals surface area contributed by atoms with Crippen molar-refractivity contribution in [3.63, 3.8) is 0 Å². The molecule has 0 spiro atoms. The molecule has 0 nitrogen and oxygen atoms in total. The van der Waals surface area contributed by atoms with Gasteiger partial charge in [-0.15, -0.1) is 11.6 Å². The van der Waals surface area contributed by atoms with E-state index in [0.29, 0.717) is 5.88 Å². The summed E-state index contributed by atoms with van der Waals surface area (Å²) >= 11 is 9.80. The van der Waals surface area contributed by atoms with E-state index >= 15 is 0 Å². The summed E-state index contributed by atoms with van der Waals surface area (Å²) in [5.74, 6) is 1.51. The number of halogens is 1. The van der Waals surface area contributed by atoms with Crippen LogP contribution in [0.3, 0.4) is 0 Å². The van der Waals surface area contributed by atoms with Crippen LogP contribution in [0.5, 0.6) is 0 Å². The Bertz CT molecular complexity index is 18.3. The van der Waals surface area contributed by atoms with E-state index in [4.69, 9.17) is 11.6 Å². The fraction of sp³-hybridized carbons (Fsp3) is 1.00. The van der Waals surface area contributed by atoms with Crippen LogP contribution in [-0.4, -0.2) is 11.6 Å². The van der Waals surface area contributed by atoms with E-state index in [9.17, 15) is 0 Å². The molecule has 0 aliphatic carbocycles. The van der Waals surface area contributed by atoms with Gasteiger partial charge in [0.25, 0.3) is 0 Å². The minimum Gasteiger partial charge on any atom is -0.793 e. The van der Waals surface area contributed by atoms with Gasteiger partial charge in [-0.3, -0.25) is 0 Å². The molecule has 0 unspecified atom stereocenters. The summed E-state index contributed by atoms with van der Waals surface area (Å²) in [4.78, 5) is 0. The molecule has 0 bridgehead atoms. The van der Waals surface area contributed by atoms with Crippen LogP contribution in [0.1, 0.15) is 6.42 Å². The fourth-order valence-electron chi connectivity index (χ4n) is 0.0546. The van der Waals surface area contributed by atoms with Gasteiger partial charge in [-0.1, -0.05) is 6.42 Å². The quantitative estimate of drug-likeness (QED) is 0.232. The summed E-state index contributed by atoms with van der Waals surface area (Å²) in [5, 5.41) is 0. The van der Waals surface area contributed by atoms with Crippen molar-refractivity contribution in [3.8, 4) is 0 Å². The largest absolute Gasteiger partial charge is 1.00 e. The van der Waals surface area contributed by atoms with Crippen molar-refractivity contribution in [2.45, 2.75) is 6.42 Å². The Morgan fingerprint density at radius 1 is 1.50 bits per heavy atom. The van der Waals surface area contributed by atoms with E-state index in [-0.39, 0.29) is 18.9 Å². The van der Waals surface area contributed by atoms with Gasteiger partial charge < -0.3 is 12.6 Å². The Morgan fingerprint density at radius 3 is 2.00 bits per heavy atom. The van der Waals surface area contributed by atoms with Gasteiger partial charge in [0.05, 0.1) is 0 Å². The zero-order valence-corrected chi connectivity index (χ0v) is 5.48. The Morgan fingerprint density at radius 2 is 2.00 bits per heavy atom. The molecule has 6 heavy (non-hydrogen) atoms. The Balaban J connectivity index is 0. The normalized spacial score (nSPS) is 7.00. The van der Waals surface area contributed by atoms with Crippen LogP contribution < -0.4 is 18.9 Å². The molecule has 3 heteroatoms. The van der Waals surface area contributed by atoms with Gasteiger partial charge in [0.15, 0.2) is 0 Å². The number of alkyl halides is 1. The molecule has 0 N–H and O–H groups in total. The van der Waals surface area contributed by atoms with Gasteiger partial charge in [-0.25, -0.2) is 0 Å². The Hall–Kier alpha value is 1.24. The van der Waals surface area contributed by atoms with Gasteiger partial charge in [0.2, 0.25) is 0 Å².